The normalized spacial score (nSPS) is 18.1. The first-order valence-electron chi connectivity index (χ1n) is 11.4. The summed E-state index contributed by atoms with van der Waals surface area (Å²) in [6, 6.07) is 23.4. The van der Waals surface area contributed by atoms with Crippen LogP contribution in [0, 0.1) is 0 Å². The van der Waals surface area contributed by atoms with E-state index in [1.54, 1.807) is 0 Å². The second-order valence-electron chi connectivity index (χ2n) is 8.24. The van der Waals surface area contributed by atoms with Crippen LogP contribution in [0.2, 0.25) is 0 Å². The van der Waals surface area contributed by atoms with Crippen molar-refractivity contribution >= 4 is 0 Å². The van der Waals surface area contributed by atoms with Crippen LogP contribution in [0.5, 0.6) is 0 Å². The lowest BCUT2D eigenvalue weighted by Gasteiger charge is -2.42. The third kappa shape index (κ3) is 6.18. The third-order valence-electron chi connectivity index (χ3n) is 6.54. The van der Waals surface area contributed by atoms with Gasteiger partial charge in [-0.05, 0) is 49.7 Å². The van der Waals surface area contributed by atoms with Crippen molar-refractivity contribution in [3.05, 3.63) is 71.8 Å². The van der Waals surface area contributed by atoms with Crippen LogP contribution in [0.3, 0.4) is 0 Å². The largest absolute Gasteiger partial charge is 0.298 e. The minimum atomic E-state index is 0.728. The first-order valence-corrected chi connectivity index (χ1v) is 11.4. The molecule has 152 valence electrons. The summed E-state index contributed by atoms with van der Waals surface area (Å²) in [5, 5.41) is 0. The van der Waals surface area contributed by atoms with Gasteiger partial charge in [0.05, 0.1) is 0 Å². The number of hydrogen-bond donors (Lipinski definition) is 0. The molecular formula is C26H38N2. The van der Waals surface area contributed by atoms with Gasteiger partial charge in [-0.3, -0.25) is 9.80 Å². The number of nitrogens with zero attached hydrogens (tertiary/aromatic N) is 2. The molecule has 0 aromatic heterocycles. The van der Waals surface area contributed by atoms with Crippen molar-refractivity contribution in [1.29, 1.82) is 0 Å². The molecule has 0 bridgehead atoms. The van der Waals surface area contributed by atoms with E-state index in [4.69, 9.17) is 0 Å². The van der Waals surface area contributed by atoms with E-state index in [2.05, 4.69) is 84.3 Å². The lowest BCUT2D eigenvalue weighted by atomic mass is 9.99. The predicted molar refractivity (Wildman–Crippen MR) is 121 cm³/mol. The maximum atomic E-state index is 2.75. The van der Waals surface area contributed by atoms with Gasteiger partial charge >= 0.3 is 0 Å². The summed E-state index contributed by atoms with van der Waals surface area (Å²) in [4.78, 5) is 5.51. The number of hydrogen-bond acceptors (Lipinski definition) is 2. The molecule has 0 radical (unpaired) electrons. The van der Waals surface area contributed by atoms with Gasteiger partial charge in [-0.2, -0.15) is 0 Å². The van der Waals surface area contributed by atoms with Gasteiger partial charge in [-0.15, -0.1) is 0 Å². The fourth-order valence-corrected chi connectivity index (χ4v) is 4.71. The highest BCUT2D eigenvalue weighted by Gasteiger charge is 2.26. The van der Waals surface area contributed by atoms with Crippen molar-refractivity contribution in [2.75, 3.05) is 26.2 Å². The molecule has 2 aromatic carbocycles. The SMILES string of the molecule is CCC(CCc1ccccc1)N1CCN(C(CC)CCc2ccccc2)CC1. The fourth-order valence-electron chi connectivity index (χ4n) is 4.71. The Labute approximate surface area is 172 Å². The summed E-state index contributed by atoms with van der Waals surface area (Å²) >= 11 is 0. The lowest BCUT2D eigenvalue weighted by Crippen LogP contribution is -2.53. The van der Waals surface area contributed by atoms with Crippen molar-refractivity contribution in [2.24, 2.45) is 0 Å². The fraction of sp³-hybridized carbons (Fsp3) is 0.538. The van der Waals surface area contributed by atoms with Crippen LogP contribution >= 0.6 is 0 Å². The smallest absolute Gasteiger partial charge is 0.0113 e. The predicted octanol–water partition coefficient (Wildman–Crippen LogP) is 5.43. The van der Waals surface area contributed by atoms with Gasteiger partial charge in [-0.25, -0.2) is 0 Å². The Morgan fingerprint density at radius 3 is 1.29 bits per heavy atom. The standard InChI is InChI=1S/C26H38N2/c1-3-25(17-15-23-11-7-5-8-12-23)27-19-21-28(22-20-27)26(4-2)18-16-24-13-9-6-10-14-24/h5-14,25-26H,3-4,15-22H2,1-2H3. The molecule has 2 aromatic rings. The average Bonchev–Trinajstić information content (AvgIpc) is 2.77. The molecular weight excluding hydrogens is 340 g/mol. The van der Waals surface area contributed by atoms with Crippen LogP contribution in [0.25, 0.3) is 0 Å². The first kappa shape index (κ1) is 21.1. The zero-order valence-electron chi connectivity index (χ0n) is 17.9. The number of aryl methyl sites for hydroxylation is 2. The molecule has 0 aliphatic carbocycles. The molecule has 1 aliphatic rings. The molecule has 0 amide bonds. The van der Waals surface area contributed by atoms with E-state index >= 15 is 0 Å². The van der Waals surface area contributed by atoms with Crippen LogP contribution in [-0.4, -0.2) is 48.1 Å². The lowest BCUT2D eigenvalue weighted by molar-refractivity contribution is 0.0609. The van der Waals surface area contributed by atoms with Crippen molar-refractivity contribution in [2.45, 2.75) is 64.5 Å². The molecule has 0 saturated carbocycles. The molecule has 1 heterocycles. The quantitative estimate of drug-likeness (QED) is 0.544. The molecule has 0 N–H and O–H groups in total. The minimum Gasteiger partial charge on any atom is -0.298 e. The maximum Gasteiger partial charge on any atom is 0.0113 e. The highest BCUT2D eigenvalue weighted by molar-refractivity contribution is 5.15. The van der Waals surface area contributed by atoms with E-state index in [1.165, 1.54) is 75.8 Å². The first-order chi connectivity index (χ1) is 13.8. The van der Waals surface area contributed by atoms with E-state index in [0.29, 0.717) is 0 Å². The summed E-state index contributed by atoms with van der Waals surface area (Å²) in [6.45, 7) is 9.64. The number of rotatable bonds is 10. The van der Waals surface area contributed by atoms with Crippen molar-refractivity contribution in [3.8, 4) is 0 Å². The van der Waals surface area contributed by atoms with Crippen LogP contribution in [0.4, 0.5) is 0 Å². The highest BCUT2D eigenvalue weighted by Crippen LogP contribution is 2.19. The van der Waals surface area contributed by atoms with E-state index < -0.39 is 0 Å². The van der Waals surface area contributed by atoms with Gasteiger partial charge in [0.25, 0.3) is 0 Å². The Hall–Kier alpha value is -1.64. The van der Waals surface area contributed by atoms with Gasteiger partial charge in [0.15, 0.2) is 0 Å². The number of benzene rings is 2. The summed E-state index contributed by atoms with van der Waals surface area (Å²) in [7, 11) is 0. The summed E-state index contributed by atoms with van der Waals surface area (Å²) in [5.41, 5.74) is 2.96. The summed E-state index contributed by atoms with van der Waals surface area (Å²) < 4.78 is 0. The van der Waals surface area contributed by atoms with Crippen LogP contribution in [-0.2, 0) is 12.8 Å². The number of piperazine rings is 1. The Kier molecular flexibility index (Phi) is 8.57. The van der Waals surface area contributed by atoms with Gasteiger partial charge in [-0.1, -0.05) is 74.5 Å². The highest BCUT2D eigenvalue weighted by atomic mass is 15.3. The van der Waals surface area contributed by atoms with Gasteiger partial charge < -0.3 is 0 Å². The molecule has 2 heteroatoms. The summed E-state index contributed by atoms with van der Waals surface area (Å²) in [5.74, 6) is 0. The van der Waals surface area contributed by atoms with E-state index in [1.807, 2.05) is 0 Å². The van der Waals surface area contributed by atoms with Crippen LogP contribution < -0.4 is 0 Å². The molecule has 0 spiro atoms. The molecule has 1 saturated heterocycles. The van der Waals surface area contributed by atoms with Gasteiger partial charge in [0.2, 0.25) is 0 Å². The molecule has 28 heavy (non-hydrogen) atoms. The van der Waals surface area contributed by atoms with Crippen molar-refractivity contribution < 1.29 is 0 Å². The Bertz CT molecular complexity index is 587. The monoisotopic (exact) mass is 378 g/mol. The third-order valence-corrected chi connectivity index (χ3v) is 6.54. The average molecular weight is 379 g/mol. The van der Waals surface area contributed by atoms with Crippen LogP contribution in [0.1, 0.15) is 50.7 Å². The van der Waals surface area contributed by atoms with Crippen molar-refractivity contribution in [1.82, 2.24) is 9.80 Å². The Morgan fingerprint density at radius 2 is 0.964 bits per heavy atom. The zero-order chi connectivity index (χ0) is 19.6. The van der Waals surface area contributed by atoms with E-state index in [0.717, 1.165) is 12.1 Å². The molecule has 3 rings (SSSR count). The second kappa shape index (κ2) is 11.4. The second-order valence-corrected chi connectivity index (χ2v) is 8.24. The maximum absolute atomic E-state index is 2.75. The van der Waals surface area contributed by atoms with Gasteiger partial charge in [0, 0.05) is 38.3 Å². The Balaban J connectivity index is 1.45. The van der Waals surface area contributed by atoms with Gasteiger partial charge in [0.1, 0.15) is 0 Å². The van der Waals surface area contributed by atoms with Crippen LogP contribution in [0.15, 0.2) is 60.7 Å². The van der Waals surface area contributed by atoms with E-state index in [9.17, 15) is 0 Å². The van der Waals surface area contributed by atoms with E-state index in [-0.39, 0.29) is 0 Å². The molecule has 2 atom stereocenters. The topological polar surface area (TPSA) is 6.48 Å². The zero-order valence-corrected chi connectivity index (χ0v) is 17.9. The minimum absolute atomic E-state index is 0.728. The molecule has 2 nitrogen and oxygen atoms in total. The Morgan fingerprint density at radius 1 is 0.607 bits per heavy atom. The molecule has 1 fully saturated rings. The molecule has 2 unspecified atom stereocenters. The summed E-state index contributed by atoms with van der Waals surface area (Å²) in [6.07, 6.45) is 7.50. The molecule has 1 aliphatic heterocycles. The van der Waals surface area contributed by atoms with Crippen molar-refractivity contribution in [3.63, 3.8) is 0 Å².